The highest BCUT2D eigenvalue weighted by molar-refractivity contribution is 7.92. The van der Waals surface area contributed by atoms with Crippen LogP contribution in [0.5, 0.6) is 0 Å². The number of anilines is 1. The summed E-state index contributed by atoms with van der Waals surface area (Å²) in [5.74, 6) is -0.783. The molecular weight excluding hydrogens is 617 g/mol. The monoisotopic (exact) mass is 651 g/mol. The lowest BCUT2D eigenvalue weighted by molar-refractivity contribution is -0.139. The largest absolute Gasteiger partial charge is 0.357 e. The van der Waals surface area contributed by atoms with Crippen LogP contribution in [0.4, 0.5) is 5.69 Å². The minimum atomic E-state index is -4.18. The first kappa shape index (κ1) is 33.1. The van der Waals surface area contributed by atoms with E-state index in [1.54, 1.807) is 48.5 Å². The number of hydrogen-bond acceptors (Lipinski definition) is 4. The second-order valence-corrected chi connectivity index (χ2v) is 13.3. The Morgan fingerprint density at radius 1 is 0.795 bits per heavy atom. The predicted molar refractivity (Wildman–Crippen MR) is 177 cm³/mol. The molecule has 0 aliphatic carbocycles. The van der Waals surface area contributed by atoms with Gasteiger partial charge < -0.3 is 10.2 Å². The van der Waals surface area contributed by atoms with Gasteiger partial charge in [0.25, 0.3) is 10.0 Å². The van der Waals surface area contributed by atoms with Crippen molar-refractivity contribution in [1.29, 1.82) is 0 Å². The first-order valence-corrected chi connectivity index (χ1v) is 16.4. The summed E-state index contributed by atoms with van der Waals surface area (Å²) in [7, 11) is -2.69. The van der Waals surface area contributed by atoms with Crippen LogP contribution in [0.25, 0.3) is 0 Å². The third kappa shape index (κ3) is 7.80. The summed E-state index contributed by atoms with van der Waals surface area (Å²) in [6.45, 7) is 3.40. The number of carbonyl (C=O) groups excluding carboxylic acids is 2. The topological polar surface area (TPSA) is 86.8 Å². The number of carbonyl (C=O) groups is 2. The first-order valence-electron chi connectivity index (χ1n) is 14.2. The molecule has 1 atom stereocenters. The van der Waals surface area contributed by atoms with Crippen molar-refractivity contribution in [2.75, 3.05) is 17.9 Å². The highest BCUT2D eigenvalue weighted by Gasteiger charge is 2.35. The molecule has 0 saturated heterocycles. The summed E-state index contributed by atoms with van der Waals surface area (Å²) >= 11 is 13.0. The van der Waals surface area contributed by atoms with E-state index in [9.17, 15) is 18.0 Å². The van der Waals surface area contributed by atoms with E-state index >= 15 is 0 Å². The van der Waals surface area contributed by atoms with Crippen molar-refractivity contribution in [3.63, 3.8) is 0 Å². The zero-order valence-corrected chi connectivity index (χ0v) is 27.1. The number of halogens is 2. The minimum Gasteiger partial charge on any atom is -0.357 e. The van der Waals surface area contributed by atoms with E-state index in [0.29, 0.717) is 21.3 Å². The number of nitrogens with zero attached hydrogens (tertiary/aromatic N) is 2. The van der Waals surface area contributed by atoms with Crippen molar-refractivity contribution in [1.82, 2.24) is 10.2 Å². The molecule has 0 aromatic heterocycles. The van der Waals surface area contributed by atoms with Crippen LogP contribution in [0.1, 0.15) is 36.5 Å². The van der Waals surface area contributed by atoms with Gasteiger partial charge in [0, 0.05) is 35.6 Å². The third-order valence-corrected chi connectivity index (χ3v) is 9.86. The fourth-order valence-corrected chi connectivity index (χ4v) is 6.80. The third-order valence-electron chi connectivity index (χ3n) is 7.37. The second kappa shape index (κ2) is 14.8. The predicted octanol–water partition coefficient (Wildman–Crippen LogP) is 6.70. The average Bonchev–Trinajstić information content (AvgIpc) is 3.03. The van der Waals surface area contributed by atoms with Gasteiger partial charge in [-0.25, -0.2) is 8.42 Å². The van der Waals surface area contributed by atoms with E-state index in [4.69, 9.17) is 23.2 Å². The number of sulfonamides is 1. The fraction of sp³-hybridized carbons (Fsp3) is 0.235. The number of hydrogen-bond donors (Lipinski definition) is 1. The molecule has 0 spiro atoms. The van der Waals surface area contributed by atoms with Gasteiger partial charge >= 0.3 is 0 Å². The summed E-state index contributed by atoms with van der Waals surface area (Å²) in [6.07, 6.45) is 0.183. The van der Waals surface area contributed by atoms with Crippen molar-refractivity contribution in [2.45, 2.75) is 43.7 Å². The van der Waals surface area contributed by atoms with Crippen molar-refractivity contribution >= 4 is 50.7 Å². The van der Waals surface area contributed by atoms with Gasteiger partial charge in [-0.1, -0.05) is 104 Å². The number of amides is 2. The summed E-state index contributed by atoms with van der Waals surface area (Å²) in [6, 6.07) is 28.3. The molecule has 2 amide bonds. The maximum absolute atomic E-state index is 14.4. The van der Waals surface area contributed by atoms with E-state index in [1.807, 2.05) is 56.3 Å². The molecule has 0 unspecified atom stereocenters. The summed E-state index contributed by atoms with van der Waals surface area (Å²) < 4.78 is 29.2. The first-order chi connectivity index (χ1) is 21.0. The summed E-state index contributed by atoms with van der Waals surface area (Å²) in [4.78, 5) is 29.2. The van der Waals surface area contributed by atoms with Crippen molar-refractivity contribution in [3.8, 4) is 0 Å². The van der Waals surface area contributed by atoms with E-state index in [1.165, 1.54) is 24.1 Å². The molecule has 10 heteroatoms. The van der Waals surface area contributed by atoms with Crippen LogP contribution >= 0.6 is 23.2 Å². The van der Waals surface area contributed by atoms with Crippen LogP contribution in [0, 0.1) is 0 Å². The number of nitrogens with one attached hydrogen (secondary N) is 1. The van der Waals surface area contributed by atoms with Crippen molar-refractivity contribution in [3.05, 3.63) is 130 Å². The molecule has 4 aromatic carbocycles. The van der Waals surface area contributed by atoms with Gasteiger partial charge in [-0.15, -0.1) is 0 Å². The van der Waals surface area contributed by atoms with E-state index in [0.717, 1.165) is 15.4 Å². The zero-order chi connectivity index (χ0) is 31.9. The average molecular weight is 653 g/mol. The molecular formula is C34H35Cl2N3O4S. The second-order valence-electron chi connectivity index (χ2n) is 10.6. The highest BCUT2D eigenvalue weighted by atomic mass is 35.5. The fourth-order valence-electron chi connectivity index (χ4n) is 4.85. The maximum Gasteiger partial charge on any atom is 0.264 e. The Morgan fingerprint density at radius 2 is 1.36 bits per heavy atom. The van der Waals surface area contributed by atoms with E-state index < -0.39 is 34.4 Å². The number of rotatable bonds is 12. The van der Waals surface area contributed by atoms with Gasteiger partial charge in [0.1, 0.15) is 12.6 Å². The molecule has 0 radical (unpaired) electrons. The quantitative estimate of drug-likeness (QED) is 0.185. The molecule has 0 saturated carbocycles. The van der Waals surface area contributed by atoms with Crippen LogP contribution in [0.2, 0.25) is 10.0 Å². The molecule has 44 heavy (non-hydrogen) atoms. The van der Waals surface area contributed by atoms with Crippen LogP contribution in [-0.2, 0) is 32.6 Å². The lowest BCUT2D eigenvalue weighted by Crippen LogP contribution is -2.53. The standard InChI is InChI=1S/C34H35Cl2N3O4S/c1-24(2)26-17-19-27(20-18-26)39(44(42,43)28-13-8-5-9-14-28)23-33(40)38(22-29-30(35)15-10-16-31(29)36)32(34(41)37-3)21-25-11-6-4-7-12-25/h4-20,24,32H,21-23H2,1-3H3,(H,37,41)/t32-/m1/s1. The molecule has 0 heterocycles. The van der Waals surface area contributed by atoms with Gasteiger partial charge in [0.2, 0.25) is 11.8 Å². The van der Waals surface area contributed by atoms with Gasteiger partial charge in [0.15, 0.2) is 0 Å². The minimum absolute atomic E-state index is 0.0357. The number of likely N-dealkylation sites (N-methyl/N-ethyl adjacent to an activating group) is 1. The molecule has 0 aliphatic rings. The zero-order valence-electron chi connectivity index (χ0n) is 24.8. The lowest BCUT2D eigenvalue weighted by Gasteiger charge is -2.34. The molecule has 0 fully saturated rings. The molecule has 1 N–H and O–H groups in total. The molecule has 0 bridgehead atoms. The summed E-state index contributed by atoms with van der Waals surface area (Å²) in [5, 5.41) is 3.31. The Hall–Kier alpha value is -3.85. The normalized spacial score (nSPS) is 12.0. The van der Waals surface area contributed by atoms with Crippen molar-refractivity contribution in [2.24, 2.45) is 0 Å². The Bertz CT molecular complexity index is 1660. The van der Waals surface area contributed by atoms with E-state index in [2.05, 4.69) is 5.32 Å². The van der Waals surface area contributed by atoms with Gasteiger partial charge in [0.05, 0.1) is 10.6 Å². The lowest BCUT2D eigenvalue weighted by atomic mass is 10.0. The molecule has 230 valence electrons. The molecule has 4 rings (SSSR count). The van der Waals surface area contributed by atoms with Gasteiger partial charge in [-0.05, 0) is 53.4 Å². The van der Waals surface area contributed by atoms with Crippen LogP contribution in [-0.4, -0.2) is 44.8 Å². The summed E-state index contributed by atoms with van der Waals surface area (Å²) in [5.41, 5.74) is 2.61. The maximum atomic E-state index is 14.4. The van der Waals surface area contributed by atoms with Crippen molar-refractivity contribution < 1.29 is 18.0 Å². The number of benzene rings is 4. The molecule has 0 aliphatic heterocycles. The van der Waals surface area contributed by atoms with Crippen LogP contribution < -0.4 is 9.62 Å². The van der Waals surface area contributed by atoms with Crippen LogP contribution in [0.15, 0.2) is 108 Å². The smallest absolute Gasteiger partial charge is 0.264 e. The van der Waals surface area contributed by atoms with Gasteiger partial charge in [-0.3, -0.25) is 13.9 Å². The molecule has 7 nitrogen and oxygen atoms in total. The molecule has 4 aromatic rings. The Kier molecular flexibility index (Phi) is 11.1. The SMILES string of the molecule is CNC(=O)[C@@H](Cc1ccccc1)N(Cc1c(Cl)cccc1Cl)C(=O)CN(c1ccc(C(C)C)cc1)S(=O)(=O)c1ccccc1. The highest BCUT2D eigenvalue weighted by Crippen LogP contribution is 2.29. The Balaban J connectivity index is 1.82. The van der Waals surface area contributed by atoms with Crippen LogP contribution in [0.3, 0.4) is 0 Å². The van der Waals surface area contributed by atoms with Gasteiger partial charge in [-0.2, -0.15) is 0 Å². The van der Waals surface area contributed by atoms with E-state index in [-0.39, 0.29) is 23.8 Å². The Labute approximate surface area is 269 Å². The Morgan fingerprint density at radius 3 is 1.91 bits per heavy atom.